The van der Waals surface area contributed by atoms with Gasteiger partial charge in [-0.05, 0) is 25.5 Å². The van der Waals surface area contributed by atoms with E-state index in [-0.39, 0.29) is 55.3 Å². The van der Waals surface area contributed by atoms with Gasteiger partial charge in [-0.25, -0.2) is 8.42 Å². The molecule has 1 aromatic rings. The highest BCUT2D eigenvalue weighted by Crippen LogP contribution is 2.21. The molecule has 2 rings (SSSR count). The van der Waals surface area contributed by atoms with Crippen LogP contribution in [0.3, 0.4) is 0 Å². The molecular formula is C15H25ClN4O5S. The summed E-state index contributed by atoms with van der Waals surface area (Å²) in [6, 6.07) is 2.42. The Balaban J connectivity index is 0.00000338. The molecule has 1 aliphatic rings. The Hall–Kier alpha value is -1.62. The number of hydrogen-bond donors (Lipinski definition) is 2. The molecule has 2 amide bonds. The number of hydrogen-bond acceptors (Lipinski definition) is 6. The Labute approximate surface area is 159 Å². The van der Waals surface area contributed by atoms with Crippen molar-refractivity contribution in [1.82, 2.24) is 9.21 Å². The summed E-state index contributed by atoms with van der Waals surface area (Å²) >= 11 is 0. The minimum Gasteiger partial charge on any atom is -0.438 e. The molecule has 1 aromatic heterocycles. The molecule has 1 unspecified atom stereocenters. The van der Waals surface area contributed by atoms with Gasteiger partial charge in [0.05, 0.1) is 5.54 Å². The molecule has 1 fully saturated rings. The zero-order valence-electron chi connectivity index (χ0n) is 14.8. The summed E-state index contributed by atoms with van der Waals surface area (Å²) in [6.07, 6.45) is 1.35. The molecule has 1 atom stereocenters. The van der Waals surface area contributed by atoms with Gasteiger partial charge >= 0.3 is 0 Å². The summed E-state index contributed by atoms with van der Waals surface area (Å²) in [4.78, 5) is 25.1. The van der Waals surface area contributed by atoms with Gasteiger partial charge in [0.25, 0.3) is 15.9 Å². The van der Waals surface area contributed by atoms with Crippen molar-refractivity contribution in [2.45, 2.75) is 37.3 Å². The number of piperazine rings is 1. The Bertz CT molecular complexity index is 754. The molecule has 0 radical (unpaired) electrons. The predicted molar refractivity (Wildman–Crippen MR) is 97.3 cm³/mol. The number of carbonyl (C=O) groups is 2. The molecule has 0 bridgehead atoms. The fourth-order valence-electron chi connectivity index (χ4n) is 2.84. The van der Waals surface area contributed by atoms with Crippen LogP contribution in [0.15, 0.2) is 21.6 Å². The van der Waals surface area contributed by atoms with Gasteiger partial charge in [0.2, 0.25) is 11.0 Å². The highest BCUT2D eigenvalue weighted by atomic mass is 35.5. The highest BCUT2D eigenvalue weighted by molar-refractivity contribution is 7.89. The largest absolute Gasteiger partial charge is 0.438 e. The van der Waals surface area contributed by atoms with Gasteiger partial charge in [-0.2, -0.15) is 4.31 Å². The van der Waals surface area contributed by atoms with Crippen molar-refractivity contribution in [3.63, 3.8) is 0 Å². The minimum absolute atomic E-state index is 0. The summed E-state index contributed by atoms with van der Waals surface area (Å²) < 4.78 is 31.3. The SMILES string of the molecule is CCCC(C)(N)C(=O)N1CCN(S(=O)(=O)c2ccc(C(N)=O)o2)CC1.Cl. The van der Waals surface area contributed by atoms with E-state index >= 15 is 0 Å². The van der Waals surface area contributed by atoms with E-state index in [9.17, 15) is 18.0 Å². The summed E-state index contributed by atoms with van der Waals surface area (Å²) in [7, 11) is -3.88. The van der Waals surface area contributed by atoms with Crippen molar-refractivity contribution in [2.75, 3.05) is 26.2 Å². The lowest BCUT2D eigenvalue weighted by molar-refractivity contribution is -0.137. The molecule has 0 saturated carbocycles. The molecule has 2 heterocycles. The van der Waals surface area contributed by atoms with Gasteiger partial charge in [0.1, 0.15) is 0 Å². The molecule has 0 aliphatic carbocycles. The molecule has 1 saturated heterocycles. The van der Waals surface area contributed by atoms with Crippen LogP contribution in [0.25, 0.3) is 0 Å². The zero-order valence-corrected chi connectivity index (χ0v) is 16.4. The second-order valence-corrected chi connectivity index (χ2v) is 8.22. The average Bonchev–Trinajstić information content (AvgIpc) is 3.05. The highest BCUT2D eigenvalue weighted by Gasteiger charge is 2.37. The number of carbonyl (C=O) groups excluding carboxylic acids is 2. The normalized spacial score (nSPS) is 18.0. The predicted octanol–water partition coefficient (Wildman–Crippen LogP) is 0.151. The summed E-state index contributed by atoms with van der Waals surface area (Å²) in [5.41, 5.74) is 10.2. The van der Waals surface area contributed by atoms with E-state index in [1.807, 2.05) is 6.92 Å². The van der Waals surface area contributed by atoms with Gasteiger partial charge in [-0.1, -0.05) is 13.3 Å². The Kier molecular flexibility index (Phi) is 7.23. The van der Waals surface area contributed by atoms with E-state index in [1.165, 1.54) is 16.4 Å². The second kappa shape index (κ2) is 8.38. The van der Waals surface area contributed by atoms with Gasteiger partial charge < -0.3 is 20.8 Å². The van der Waals surface area contributed by atoms with Crippen LogP contribution in [0.5, 0.6) is 0 Å². The summed E-state index contributed by atoms with van der Waals surface area (Å²) in [5, 5.41) is -0.337. The minimum atomic E-state index is -3.88. The molecule has 1 aliphatic heterocycles. The number of nitrogens with zero attached hydrogens (tertiary/aromatic N) is 2. The maximum absolute atomic E-state index is 12.6. The van der Waals surface area contributed by atoms with Crippen LogP contribution in [-0.2, 0) is 14.8 Å². The number of primary amides is 1. The number of rotatable bonds is 6. The van der Waals surface area contributed by atoms with Gasteiger partial charge in [0, 0.05) is 26.2 Å². The lowest BCUT2D eigenvalue weighted by Crippen LogP contribution is -2.58. The molecule has 11 heteroatoms. The van der Waals surface area contributed by atoms with Crippen LogP contribution in [0.2, 0.25) is 0 Å². The van der Waals surface area contributed by atoms with Gasteiger partial charge in [-0.3, -0.25) is 9.59 Å². The third kappa shape index (κ3) is 4.56. The maximum atomic E-state index is 12.6. The van der Waals surface area contributed by atoms with E-state index in [0.717, 1.165) is 6.42 Å². The van der Waals surface area contributed by atoms with Crippen molar-refractivity contribution in [3.8, 4) is 0 Å². The third-order valence-corrected chi connectivity index (χ3v) is 5.97. The Morgan fingerprint density at radius 3 is 2.27 bits per heavy atom. The van der Waals surface area contributed by atoms with Crippen molar-refractivity contribution in [2.24, 2.45) is 11.5 Å². The molecule has 9 nitrogen and oxygen atoms in total. The van der Waals surface area contributed by atoms with E-state index < -0.39 is 21.5 Å². The molecule has 26 heavy (non-hydrogen) atoms. The monoisotopic (exact) mass is 408 g/mol. The van der Waals surface area contributed by atoms with Gasteiger partial charge in [0.15, 0.2) is 5.76 Å². The van der Waals surface area contributed by atoms with Crippen LogP contribution in [-0.4, -0.2) is 61.2 Å². The first-order chi connectivity index (χ1) is 11.6. The number of nitrogens with two attached hydrogens (primary N) is 2. The third-order valence-electron chi connectivity index (χ3n) is 4.20. The Morgan fingerprint density at radius 1 is 1.23 bits per heavy atom. The lowest BCUT2D eigenvalue weighted by Gasteiger charge is -2.37. The average molecular weight is 409 g/mol. The first-order valence-corrected chi connectivity index (χ1v) is 9.51. The van der Waals surface area contributed by atoms with E-state index in [1.54, 1.807) is 11.8 Å². The summed E-state index contributed by atoms with van der Waals surface area (Å²) in [6.45, 7) is 4.39. The first-order valence-electron chi connectivity index (χ1n) is 8.07. The zero-order chi connectivity index (χ0) is 18.8. The Morgan fingerprint density at radius 2 is 1.81 bits per heavy atom. The standard InChI is InChI=1S/C15H24N4O5S.ClH/c1-3-6-15(2,17)14(21)18-7-9-19(10-8-18)25(22,23)12-5-4-11(24-12)13(16)20;/h4-5H,3,6-10,17H2,1-2H3,(H2,16,20);1H. The number of halogens is 1. The number of furan rings is 1. The van der Waals surface area contributed by atoms with Crippen LogP contribution in [0.1, 0.15) is 37.2 Å². The van der Waals surface area contributed by atoms with Crippen molar-refractivity contribution in [1.29, 1.82) is 0 Å². The van der Waals surface area contributed by atoms with Crippen LogP contribution < -0.4 is 11.5 Å². The smallest absolute Gasteiger partial charge is 0.284 e. The fraction of sp³-hybridized carbons (Fsp3) is 0.600. The fourth-order valence-corrected chi connectivity index (χ4v) is 4.17. The van der Waals surface area contributed by atoms with Crippen LogP contribution in [0, 0.1) is 0 Å². The van der Waals surface area contributed by atoms with E-state index in [0.29, 0.717) is 6.42 Å². The van der Waals surface area contributed by atoms with E-state index in [2.05, 4.69) is 0 Å². The second-order valence-electron chi connectivity index (χ2n) is 6.35. The number of sulfonamides is 1. The number of amides is 2. The molecule has 0 spiro atoms. The lowest BCUT2D eigenvalue weighted by atomic mass is 9.95. The maximum Gasteiger partial charge on any atom is 0.284 e. The van der Waals surface area contributed by atoms with E-state index in [4.69, 9.17) is 15.9 Å². The molecule has 4 N–H and O–H groups in total. The quantitative estimate of drug-likeness (QED) is 0.686. The van der Waals surface area contributed by atoms with Crippen LogP contribution >= 0.6 is 12.4 Å². The summed E-state index contributed by atoms with van der Waals surface area (Å²) in [5.74, 6) is -1.23. The van der Waals surface area contributed by atoms with Crippen LogP contribution in [0.4, 0.5) is 0 Å². The molecular weight excluding hydrogens is 384 g/mol. The van der Waals surface area contributed by atoms with Crippen molar-refractivity contribution in [3.05, 3.63) is 17.9 Å². The topological polar surface area (TPSA) is 140 Å². The molecule has 0 aromatic carbocycles. The van der Waals surface area contributed by atoms with Crippen molar-refractivity contribution < 1.29 is 22.4 Å². The van der Waals surface area contributed by atoms with Gasteiger partial charge in [-0.15, -0.1) is 12.4 Å². The van der Waals surface area contributed by atoms with Crippen molar-refractivity contribution >= 4 is 34.2 Å². The first kappa shape index (κ1) is 22.4. The molecule has 148 valence electrons.